The number of hydrogen-bond donors (Lipinski definition) is 0. The van der Waals surface area contributed by atoms with Crippen molar-refractivity contribution < 1.29 is 0 Å². The second kappa shape index (κ2) is 4.49. The van der Waals surface area contributed by atoms with Crippen LogP contribution in [0.3, 0.4) is 0 Å². The Kier molecular flexibility index (Phi) is 3.20. The van der Waals surface area contributed by atoms with E-state index in [1.165, 1.54) is 0 Å². The first-order valence-corrected chi connectivity index (χ1v) is 6.07. The summed E-state index contributed by atoms with van der Waals surface area (Å²) in [5.74, 6) is 2.11. The lowest BCUT2D eigenvalue weighted by atomic mass is 10.2. The first-order valence-electron chi connectivity index (χ1n) is 5.69. The van der Waals surface area contributed by atoms with Crippen LogP contribution in [0.25, 0.3) is 5.69 Å². The summed E-state index contributed by atoms with van der Waals surface area (Å²) in [7, 11) is 0. The summed E-state index contributed by atoms with van der Waals surface area (Å²) in [6.07, 6.45) is 0. The van der Waals surface area contributed by atoms with Crippen LogP contribution in [-0.2, 0) is 0 Å². The van der Waals surface area contributed by atoms with Gasteiger partial charge in [0.05, 0.1) is 10.7 Å². The Bertz CT molecular complexity index is 544. The van der Waals surface area contributed by atoms with Gasteiger partial charge in [0, 0.05) is 5.92 Å². The lowest BCUT2D eigenvalue weighted by molar-refractivity contribution is 0.742. The number of halogens is 1. The van der Waals surface area contributed by atoms with E-state index in [0.29, 0.717) is 5.92 Å². The predicted octanol–water partition coefficient (Wildman–Crippen LogP) is 3.66. The Labute approximate surface area is 106 Å². The highest BCUT2D eigenvalue weighted by molar-refractivity contribution is 6.32. The highest BCUT2D eigenvalue weighted by Gasteiger charge is 2.15. The lowest BCUT2D eigenvalue weighted by Crippen LogP contribution is -2.05. The Balaban J connectivity index is 2.63. The average molecular weight is 250 g/mol. The van der Waals surface area contributed by atoms with Gasteiger partial charge in [-0.15, -0.1) is 10.2 Å². The van der Waals surface area contributed by atoms with E-state index in [-0.39, 0.29) is 0 Å². The van der Waals surface area contributed by atoms with Crippen molar-refractivity contribution in [1.29, 1.82) is 0 Å². The fraction of sp³-hybridized carbons (Fsp3) is 0.385. The smallest absolute Gasteiger partial charge is 0.140 e. The van der Waals surface area contributed by atoms with E-state index in [0.717, 1.165) is 27.9 Å². The summed E-state index contributed by atoms with van der Waals surface area (Å²) in [6.45, 7) is 8.16. The molecular formula is C13H16ClN3. The molecule has 0 atom stereocenters. The minimum atomic E-state index is 0.313. The molecule has 90 valence electrons. The van der Waals surface area contributed by atoms with E-state index < -0.39 is 0 Å². The van der Waals surface area contributed by atoms with Crippen molar-refractivity contribution in [3.8, 4) is 5.69 Å². The molecule has 0 bridgehead atoms. The number of aromatic nitrogens is 3. The Morgan fingerprint density at radius 1 is 1.18 bits per heavy atom. The van der Waals surface area contributed by atoms with E-state index in [1.807, 2.05) is 36.6 Å². The van der Waals surface area contributed by atoms with Crippen LogP contribution in [0, 0.1) is 13.8 Å². The van der Waals surface area contributed by atoms with Crippen molar-refractivity contribution in [2.75, 3.05) is 0 Å². The van der Waals surface area contributed by atoms with Crippen molar-refractivity contribution >= 4 is 11.6 Å². The second-order valence-corrected chi connectivity index (χ2v) is 4.96. The first kappa shape index (κ1) is 12.1. The Morgan fingerprint density at radius 2 is 1.88 bits per heavy atom. The minimum Gasteiger partial charge on any atom is -0.281 e. The number of nitrogens with zero attached hydrogens (tertiary/aromatic N) is 3. The molecule has 1 aromatic carbocycles. The molecular weight excluding hydrogens is 234 g/mol. The molecule has 0 unspecified atom stereocenters. The van der Waals surface area contributed by atoms with Gasteiger partial charge >= 0.3 is 0 Å². The molecule has 0 N–H and O–H groups in total. The molecule has 0 fully saturated rings. The molecule has 1 heterocycles. The topological polar surface area (TPSA) is 30.7 Å². The van der Waals surface area contributed by atoms with Gasteiger partial charge in [-0.25, -0.2) is 0 Å². The summed E-state index contributed by atoms with van der Waals surface area (Å²) in [5, 5.41) is 9.07. The van der Waals surface area contributed by atoms with Crippen LogP contribution in [0.1, 0.15) is 37.0 Å². The quantitative estimate of drug-likeness (QED) is 0.813. The number of aryl methyl sites for hydroxylation is 2. The van der Waals surface area contributed by atoms with Crippen LogP contribution in [0.4, 0.5) is 0 Å². The van der Waals surface area contributed by atoms with Gasteiger partial charge in [-0.1, -0.05) is 31.5 Å². The molecule has 0 aliphatic rings. The Morgan fingerprint density at radius 3 is 2.47 bits per heavy atom. The SMILES string of the molecule is Cc1ccc(-n2c(C)nnc2C(C)C)c(Cl)c1. The van der Waals surface area contributed by atoms with Gasteiger partial charge in [-0.3, -0.25) is 4.57 Å². The summed E-state index contributed by atoms with van der Waals surface area (Å²) < 4.78 is 2.02. The van der Waals surface area contributed by atoms with E-state index in [4.69, 9.17) is 11.6 Å². The maximum Gasteiger partial charge on any atom is 0.140 e. The number of hydrogen-bond acceptors (Lipinski definition) is 2. The normalized spacial score (nSPS) is 11.2. The third-order valence-electron chi connectivity index (χ3n) is 2.71. The van der Waals surface area contributed by atoms with Crippen molar-refractivity contribution in [2.24, 2.45) is 0 Å². The minimum absolute atomic E-state index is 0.313. The molecule has 0 radical (unpaired) electrons. The zero-order valence-electron chi connectivity index (χ0n) is 10.5. The molecule has 4 heteroatoms. The van der Waals surface area contributed by atoms with Gasteiger partial charge in [0.1, 0.15) is 11.6 Å². The molecule has 0 saturated carbocycles. The maximum absolute atomic E-state index is 6.29. The molecule has 0 spiro atoms. The van der Waals surface area contributed by atoms with E-state index in [1.54, 1.807) is 0 Å². The van der Waals surface area contributed by atoms with E-state index in [9.17, 15) is 0 Å². The van der Waals surface area contributed by atoms with E-state index >= 15 is 0 Å². The molecule has 0 saturated heterocycles. The zero-order chi connectivity index (χ0) is 12.6. The summed E-state index contributed by atoms with van der Waals surface area (Å²) in [4.78, 5) is 0. The van der Waals surface area contributed by atoms with Crippen LogP contribution in [0.15, 0.2) is 18.2 Å². The molecule has 17 heavy (non-hydrogen) atoms. The molecule has 2 rings (SSSR count). The molecule has 0 aliphatic heterocycles. The van der Waals surface area contributed by atoms with Crippen molar-refractivity contribution in [2.45, 2.75) is 33.6 Å². The highest BCUT2D eigenvalue weighted by Crippen LogP contribution is 2.26. The third-order valence-corrected chi connectivity index (χ3v) is 3.01. The fourth-order valence-corrected chi connectivity index (χ4v) is 2.16. The van der Waals surface area contributed by atoms with Gasteiger partial charge in [0.15, 0.2) is 0 Å². The average Bonchev–Trinajstić information content (AvgIpc) is 2.60. The number of rotatable bonds is 2. The largest absolute Gasteiger partial charge is 0.281 e. The molecule has 2 aromatic rings. The van der Waals surface area contributed by atoms with Crippen LogP contribution in [-0.4, -0.2) is 14.8 Å². The molecule has 3 nitrogen and oxygen atoms in total. The van der Waals surface area contributed by atoms with Gasteiger partial charge in [0.25, 0.3) is 0 Å². The Hall–Kier alpha value is -1.35. The van der Waals surface area contributed by atoms with Crippen molar-refractivity contribution in [3.05, 3.63) is 40.4 Å². The number of benzene rings is 1. The van der Waals surface area contributed by atoms with Gasteiger partial charge in [-0.05, 0) is 31.5 Å². The maximum atomic E-state index is 6.29. The summed E-state index contributed by atoms with van der Waals surface area (Å²) >= 11 is 6.29. The lowest BCUT2D eigenvalue weighted by Gasteiger charge is -2.12. The molecule has 1 aromatic heterocycles. The van der Waals surface area contributed by atoms with E-state index in [2.05, 4.69) is 24.0 Å². The third kappa shape index (κ3) is 2.20. The van der Waals surface area contributed by atoms with Crippen LogP contribution >= 0.6 is 11.6 Å². The van der Waals surface area contributed by atoms with Gasteiger partial charge in [0.2, 0.25) is 0 Å². The van der Waals surface area contributed by atoms with Crippen molar-refractivity contribution in [1.82, 2.24) is 14.8 Å². The highest BCUT2D eigenvalue weighted by atomic mass is 35.5. The molecule has 0 aliphatic carbocycles. The van der Waals surface area contributed by atoms with Gasteiger partial charge in [-0.2, -0.15) is 0 Å². The monoisotopic (exact) mass is 249 g/mol. The first-order chi connectivity index (χ1) is 8.00. The van der Waals surface area contributed by atoms with Crippen LogP contribution < -0.4 is 0 Å². The summed E-state index contributed by atoms with van der Waals surface area (Å²) in [5.41, 5.74) is 2.10. The van der Waals surface area contributed by atoms with Gasteiger partial charge < -0.3 is 0 Å². The predicted molar refractivity (Wildman–Crippen MR) is 69.9 cm³/mol. The van der Waals surface area contributed by atoms with Crippen LogP contribution in [0.5, 0.6) is 0 Å². The van der Waals surface area contributed by atoms with Crippen LogP contribution in [0.2, 0.25) is 5.02 Å². The fourth-order valence-electron chi connectivity index (χ4n) is 1.84. The summed E-state index contributed by atoms with van der Waals surface area (Å²) in [6, 6.07) is 6.02. The standard InChI is InChI=1S/C13H16ClN3/c1-8(2)13-16-15-10(4)17(13)12-6-5-9(3)7-11(12)14/h5-8H,1-4H3. The second-order valence-electron chi connectivity index (χ2n) is 4.55. The zero-order valence-corrected chi connectivity index (χ0v) is 11.3. The molecule has 0 amide bonds. The van der Waals surface area contributed by atoms with Crippen molar-refractivity contribution in [3.63, 3.8) is 0 Å².